The van der Waals surface area contributed by atoms with E-state index in [-0.39, 0.29) is 12.1 Å². The van der Waals surface area contributed by atoms with Crippen molar-refractivity contribution in [2.24, 2.45) is 5.73 Å². The standard InChI is InChI=1S/C12H17NO/c1-8-4-3-5-12-11(8)7-10(14-12)6-9(2)13/h3-5,9-10H,6-7,13H2,1-2H3. The number of benzene rings is 1. The van der Waals surface area contributed by atoms with Crippen molar-refractivity contribution in [3.8, 4) is 5.75 Å². The van der Waals surface area contributed by atoms with Gasteiger partial charge in [-0.1, -0.05) is 12.1 Å². The maximum absolute atomic E-state index is 5.82. The highest BCUT2D eigenvalue weighted by Crippen LogP contribution is 2.32. The van der Waals surface area contributed by atoms with E-state index >= 15 is 0 Å². The molecule has 0 fully saturated rings. The molecule has 0 aliphatic carbocycles. The van der Waals surface area contributed by atoms with Gasteiger partial charge >= 0.3 is 0 Å². The Kier molecular flexibility index (Phi) is 2.46. The van der Waals surface area contributed by atoms with Crippen molar-refractivity contribution in [1.82, 2.24) is 0 Å². The van der Waals surface area contributed by atoms with Crippen molar-refractivity contribution < 1.29 is 4.74 Å². The Balaban J connectivity index is 2.14. The van der Waals surface area contributed by atoms with Gasteiger partial charge in [0.2, 0.25) is 0 Å². The fourth-order valence-electron chi connectivity index (χ4n) is 2.04. The third-order valence-electron chi connectivity index (χ3n) is 2.73. The summed E-state index contributed by atoms with van der Waals surface area (Å²) in [6.45, 7) is 4.16. The zero-order valence-corrected chi connectivity index (χ0v) is 8.79. The van der Waals surface area contributed by atoms with Crippen LogP contribution in [0.4, 0.5) is 0 Å². The van der Waals surface area contributed by atoms with E-state index in [4.69, 9.17) is 10.5 Å². The van der Waals surface area contributed by atoms with Gasteiger partial charge in [0.05, 0.1) is 0 Å². The highest BCUT2D eigenvalue weighted by Gasteiger charge is 2.24. The second-order valence-electron chi connectivity index (χ2n) is 4.21. The zero-order chi connectivity index (χ0) is 10.1. The molecular weight excluding hydrogens is 174 g/mol. The van der Waals surface area contributed by atoms with Gasteiger partial charge in [0.1, 0.15) is 11.9 Å². The third-order valence-corrected chi connectivity index (χ3v) is 2.73. The minimum Gasteiger partial charge on any atom is -0.490 e. The van der Waals surface area contributed by atoms with E-state index in [1.807, 2.05) is 19.1 Å². The quantitative estimate of drug-likeness (QED) is 0.776. The van der Waals surface area contributed by atoms with Crippen LogP contribution in [0.2, 0.25) is 0 Å². The zero-order valence-electron chi connectivity index (χ0n) is 8.79. The number of fused-ring (bicyclic) bond motifs is 1. The first-order chi connectivity index (χ1) is 6.66. The van der Waals surface area contributed by atoms with Crippen molar-refractivity contribution in [2.75, 3.05) is 0 Å². The fraction of sp³-hybridized carbons (Fsp3) is 0.500. The molecule has 2 heteroatoms. The highest BCUT2D eigenvalue weighted by atomic mass is 16.5. The average Bonchev–Trinajstić information content (AvgIpc) is 2.47. The number of ether oxygens (including phenoxy) is 1. The number of hydrogen-bond acceptors (Lipinski definition) is 2. The summed E-state index contributed by atoms with van der Waals surface area (Å²) >= 11 is 0. The molecule has 14 heavy (non-hydrogen) atoms. The van der Waals surface area contributed by atoms with Gasteiger partial charge < -0.3 is 10.5 Å². The summed E-state index contributed by atoms with van der Waals surface area (Å²) in [5.74, 6) is 1.05. The Hall–Kier alpha value is -1.02. The highest BCUT2D eigenvalue weighted by molar-refractivity contribution is 5.42. The average molecular weight is 191 g/mol. The second kappa shape index (κ2) is 3.62. The molecule has 0 aromatic heterocycles. The van der Waals surface area contributed by atoms with Crippen molar-refractivity contribution >= 4 is 0 Å². The molecule has 0 amide bonds. The van der Waals surface area contributed by atoms with E-state index in [2.05, 4.69) is 13.0 Å². The predicted octanol–water partition coefficient (Wildman–Crippen LogP) is 2.04. The van der Waals surface area contributed by atoms with Crippen LogP contribution in [0.25, 0.3) is 0 Å². The maximum atomic E-state index is 5.82. The Morgan fingerprint density at radius 2 is 2.36 bits per heavy atom. The van der Waals surface area contributed by atoms with Crippen LogP contribution >= 0.6 is 0 Å². The van der Waals surface area contributed by atoms with Crippen LogP contribution in [0.5, 0.6) is 5.75 Å². The molecule has 1 aromatic rings. The van der Waals surface area contributed by atoms with Crippen LogP contribution in [0.3, 0.4) is 0 Å². The lowest BCUT2D eigenvalue weighted by molar-refractivity contribution is 0.213. The van der Waals surface area contributed by atoms with Gasteiger partial charge in [-0.25, -0.2) is 0 Å². The van der Waals surface area contributed by atoms with Gasteiger partial charge in [0.15, 0.2) is 0 Å². The van der Waals surface area contributed by atoms with Crippen molar-refractivity contribution in [3.63, 3.8) is 0 Å². The molecule has 0 saturated heterocycles. The molecule has 1 aliphatic rings. The predicted molar refractivity (Wildman–Crippen MR) is 57.6 cm³/mol. The molecule has 2 N–H and O–H groups in total. The first-order valence-electron chi connectivity index (χ1n) is 5.17. The maximum Gasteiger partial charge on any atom is 0.123 e. The lowest BCUT2D eigenvalue weighted by Crippen LogP contribution is -2.25. The molecule has 1 heterocycles. The summed E-state index contributed by atoms with van der Waals surface area (Å²) in [4.78, 5) is 0. The molecule has 76 valence electrons. The van der Waals surface area contributed by atoms with Gasteiger partial charge in [-0.3, -0.25) is 0 Å². The summed E-state index contributed by atoms with van der Waals surface area (Å²) in [5.41, 5.74) is 8.45. The number of aryl methyl sites for hydroxylation is 1. The largest absolute Gasteiger partial charge is 0.490 e. The second-order valence-corrected chi connectivity index (χ2v) is 4.21. The molecule has 2 unspecified atom stereocenters. The summed E-state index contributed by atoms with van der Waals surface area (Å²) < 4.78 is 5.82. The molecular formula is C12H17NO. The van der Waals surface area contributed by atoms with Crippen molar-refractivity contribution in [3.05, 3.63) is 29.3 Å². The van der Waals surface area contributed by atoms with E-state index in [0.29, 0.717) is 0 Å². The van der Waals surface area contributed by atoms with E-state index in [9.17, 15) is 0 Å². The summed E-state index contributed by atoms with van der Waals surface area (Å²) in [5, 5.41) is 0. The van der Waals surface area contributed by atoms with Gasteiger partial charge in [-0.05, 0) is 31.9 Å². The van der Waals surface area contributed by atoms with Crippen LogP contribution in [-0.2, 0) is 6.42 Å². The van der Waals surface area contributed by atoms with E-state index in [0.717, 1.165) is 18.6 Å². The molecule has 0 radical (unpaired) electrons. The van der Waals surface area contributed by atoms with E-state index in [1.54, 1.807) is 0 Å². The Morgan fingerprint density at radius 3 is 3.00 bits per heavy atom. The first-order valence-corrected chi connectivity index (χ1v) is 5.17. The van der Waals surface area contributed by atoms with Crippen LogP contribution in [0.15, 0.2) is 18.2 Å². The molecule has 0 bridgehead atoms. The van der Waals surface area contributed by atoms with Crippen LogP contribution in [-0.4, -0.2) is 12.1 Å². The number of rotatable bonds is 2. The Bertz CT molecular complexity index is 333. The molecule has 2 nitrogen and oxygen atoms in total. The minimum atomic E-state index is 0.217. The normalized spacial score (nSPS) is 21.5. The molecule has 1 aromatic carbocycles. The molecule has 2 rings (SSSR count). The first kappa shape index (κ1) is 9.53. The lowest BCUT2D eigenvalue weighted by atomic mass is 10.0. The molecule has 2 atom stereocenters. The van der Waals surface area contributed by atoms with Gasteiger partial charge in [-0.15, -0.1) is 0 Å². The Labute approximate surface area is 85.1 Å². The SMILES string of the molecule is Cc1cccc2c1CC(CC(C)N)O2. The van der Waals surface area contributed by atoms with Crippen molar-refractivity contribution in [2.45, 2.75) is 38.8 Å². The van der Waals surface area contributed by atoms with Crippen LogP contribution in [0, 0.1) is 6.92 Å². The van der Waals surface area contributed by atoms with E-state index in [1.165, 1.54) is 11.1 Å². The van der Waals surface area contributed by atoms with Crippen LogP contribution in [0.1, 0.15) is 24.5 Å². The fourth-order valence-corrected chi connectivity index (χ4v) is 2.04. The lowest BCUT2D eigenvalue weighted by Gasteiger charge is -2.12. The summed E-state index contributed by atoms with van der Waals surface area (Å²) in [6, 6.07) is 6.44. The molecule has 0 spiro atoms. The van der Waals surface area contributed by atoms with Crippen LogP contribution < -0.4 is 10.5 Å². The van der Waals surface area contributed by atoms with Gasteiger partial charge in [-0.2, -0.15) is 0 Å². The van der Waals surface area contributed by atoms with E-state index < -0.39 is 0 Å². The Morgan fingerprint density at radius 1 is 1.57 bits per heavy atom. The summed E-state index contributed by atoms with van der Waals surface area (Å²) in [7, 11) is 0. The van der Waals surface area contributed by atoms with Crippen molar-refractivity contribution in [1.29, 1.82) is 0 Å². The number of nitrogens with two attached hydrogens (primary N) is 1. The molecule has 1 aliphatic heterocycles. The van der Waals surface area contributed by atoms with Gasteiger partial charge in [0.25, 0.3) is 0 Å². The minimum absolute atomic E-state index is 0.217. The molecule has 0 saturated carbocycles. The topological polar surface area (TPSA) is 35.2 Å². The third kappa shape index (κ3) is 1.75. The smallest absolute Gasteiger partial charge is 0.123 e. The monoisotopic (exact) mass is 191 g/mol. The van der Waals surface area contributed by atoms with Gasteiger partial charge in [0, 0.05) is 18.0 Å². The number of hydrogen-bond donors (Lipinski definition) is 1. The summed E-state index contributed by atoms with van der Waals surface area (Å²) in [6.07, 6.45) is 2.24.